The molecule has 3 N–H and O–H groups in total. The molecule has 0 fully saturated rings. The van der Waals surface area contributed by atoms with Crippen LogP contribution in [0.4, 0.5) is 5.00 Å². The lowest BCUT2D eigenvalue weighted by atomic mass is 10.1. The number of nitrogen functional groups attached to an aromatic ring is 1. The van der Waals surface area contributed by atoms with E-state index in [0.717, 1.165) is 16.1 Å². The average Bonchev–Trinajstić information content (AvgIpc) is 2.82. The molecule has 1 atom stereocenters. The average molecular weight is 253 g/mol. The number of nitrogens with zero attached hydrogens (tertiary/aromatic N) is 2. The minimum absolute atomic E-state index is 0.567. The molecule has 0 aliphatic heterocycles. The van der Waals surface area contributed by atoms with Crippen molar-refractivity contribution in [1.82, 2.24) is 9.78 Å². The molecule has 2 aromatic heterocycles. The number of hydrogen-bond donors (Lipinski definition) is 2. The Morgan fingerprint density at radius 1 is 1.59 bits per heavy atom. The molecule has 2 aromatic rings. The number of methoxy groups -OCH3 is 1. The van der Waals surface area contributed by atoms with Crippen LogP contribution in [0.3, 0.4) is 0 Å². The number of hydrogen-bond acceptors (Lipinski definition) is 5. The van der Waals surface area contributed by atoms with Gasteiger partial charge in [0.25, 0.3) is 0 Å². The fraction of sp³-hybridized carbons (Fsp3) is 0.364. The lowest BCUT2D eigenvalue weighted by molar-refractivity contribution is -0.0765. The van der Waals surface area contributed by atoms with Gasteiger partial charge in [0.15, 0.2) is 6.29 Å². The number of nitrogens with two attached hydrogens (primary N) is 1. The third kappa shape index (κ3) is 2.06. The number of aliphatic hydroxyl groups excluding tert-OH is 1. The molecule has 0 bridgehead atoms. The highest BCUT2D eigenvalue weighted by Crippen LogP contribution is 2.40. The molecule has 6 heteroatoms. The zero-order valence-corrected chi connectivity index (χ0v) is 10.8. The summed E-state index contributed by atoms with van der Waals surface area (Å²) in [7, 11) is 3.31. The third-order valence-electron chi connectivity index (χ3n) is 2.64. The molecule has 2 rings (SSSR count). The molecule has 0 aromatic carbocycles. The highest BCUT2D eigenvalue weighted by atomic mass is 32.1. The van der Waals surface area contributed by atoms with Crippen LogP contribution in [-0.4, -0.2) is 22.0 Å². The first kappa shape index (κ1) is 12.1. The van der Waals surface area contributed by atoms with Gasteiger partial charge in [0, 0.05) is 25.9 Å². The Kier molecular flexibility index (Phi) is 3.19. The Bertz CT molecular complexity index is 533. The number of aromatic nitrogens is 2. The van der Waals surface area contributed by atoms with Gasteiger partial charge < -0.3 is 15.6 Å². The molecule has 0 aliphatic carbocycles. The minimum Gasteiger partial charge on any atom is -0.390 e. The van der Waals surface area contributed by atoms with E-state index in [1.165, 1.54) is 18.4 Å². The van der Waals surface area contributed by atoms with Crippen LogP contribution < -0.4 is 5.73 Å². The van der Waals surface area contributed by atoms with Gasteiger partial charge in [-0.15, -0.1) is 11.3 Å². The van der Waals surface area contributed by atoms with E-state index in [0.29, 0.717) is 10.6 Å². The fourth-order valence-electron chi connectivity index (χ4n) is 1.75. The summed E-state index contributed by atoms with van der Waals surface area (Å²) in [6, 6.07) is 1.92. The largest absolute Gasteiger partial charge is 0.390 e. The monoisotopic (exact) mass is 253 g/mol. The van der Waals surface area contributed by atoms with Crippen LogP contribution in [0.1, 0.15) is 17.4 Å². The van der Waals surface area contributed by atoms with Crippen molar-refractivity contribution in [3.05, 3.63) is 23.4 Å². The number of aryl methyl sites for hydroxylation is 1. The maximum absolute atomic E-state index is 9.74. The van der Waals surface area contributed by atoms with E-state index in [1.807, 2.05) is 26.2 Å². The Morgan fingerprint density at radius 2 is 2.29 bits per heavy atom. The van der Waals surface area contributed by atoms with Gasteiger partial charge in [-0.05, 0) is 18.6 Å². The van der Waals surface area contributed by atoms with Gasteiger partial charge >= 0.3 is 0 Å². The van der Waals surface area contributed by atoms with Gasteiger partial charge in [-0.1, -0.05) is 0 Å². The van der Waals surface area contributed by atoms with Gasteiger partial charge in [-0.3, -0.25) is 4.68 Å². The summed E-state index contributed by atoms with van der Waals surface area (Å²) in [5.74, 6) is 0. The molecule has 0 aliphatic rings. The Hall–Kier alpha value is -1.37. The summed E-state index contributed by atoms with van der Waals surface area (Å²) in [5.41, 5.74) is 8.32. The first-order chi connectivity index (χ1) is 8.04. The van der Waals surface area contributed by atoms with Crippen LogP contribution in [0.2, 0.25) is 0 Å². The Balaban J connectivity index is 2.51. The molecule has 2 heterocycles. The maximum Gasteiger partial charge on any atom is 0.183 e. The van der Waals surface area contributed by atoms with Crippen molar-refractivity contribution in [1.29, 1.82) is 0 Å². The fourth-order valence-corrected chi connectivity index (χ4v) is 2.81. The zero-order chi connectivity index (χ0) is 12.6. The van der Waals surface area contributed by atoms with Crippen LogP contribution >= 0.6 is 11.3 Å². The van der Waals surface area contributed by atoms with Crippen LogP contribution in [0.25, 0.3) is 10.6 Å². The molecular weight excluding hydrogens is 238 g/mol. The van der Waals surface area contributed by atoms with Crippen molar-refractivity contribution >= 4 is 16.3 Å². The van der Waals surface area contributed by atoms with Gasteiger partial charge in [0.05, 0.1) is 9.88 Å². The predicted octanol–water partition coefficient (Wildman–Crippen LogP) is 1.68. The minimum atomic E-state index is -0.983. The van der Waals surface area contributed by atoms with E-state index >= 15 is 0 Å². The molecule has 0 saturated heterocycles. The summed E-state index contributed by atoms with van der Waals surface area (Å²) in [4.78, 5) is 0.967. The van der Waals surface area contributed by atoms with Crippen molar-refractivity contribution in [3.63, 3.8) is 0 Å². The SMILES string of the molecule is COC(O)c1c(N)sc(-c2ccn(C)n2)c1C. The topological polar surface area (TPSA) is 73.3 Å². The molecule has 0 amide bonds. The zero-order valence-electron chi connectivity index (χ0n) is 9.97. The second-order valence-electron chi connectivity index (χ2n) is 3.80. The number of ether oxygens (including phenoxy) is 1. The van der Waals surface area contributed by atoms with E-state index in [9.17, 15) is 5.11 Å². The third-order valence-corrected chi connectivity index (χ3v) is 3.80. The van der Waals surface area contributed by atoms with E-state index in [1.54, 1.807) is 4.68 Å². The summed E-state index contributed by atoms with van der Waals surface area (Å²) < 4.78 is 6.64. The van der Waals surface area contributed by atoms with Gasteiger partial charge in [0.2, 0.25) is 0 Å². The Morgan fingerprint density at radius 3 is 2.82 bits per heavy atom. The van der Waals surface area contributed by atoms with E-state index in [4.69, 9.17) is 10.5 Å². The molecule has 0 saturated carbocycles. The van der Waals surface area contributed by atoms with E-state index < -0.39 is 6.29 Å². The summed E-state index contributed by atoms with van der Waals surface area (Å²) >= 11 is 1.41. The van der Waals surface area contributed by atoms with Crippen LogP contribution in [0.15, 0.2) is 12.3 Å². The molecule has 17 heavy (non-hydrogen) atoms. The van der Waals surface area contributed by atoms with Crippen molar-refractivity contribution in [2.75, 3.05) is 12.8 Å². The first-order valence-corrected chi connectivity index (χ1v) is 5.96. The smallest absolute Gasteiger partial charge is 0.183 e. The second kappa shape index (κ2) is 4.48. The summed E-state index contributed by atoms with van der Waals surface area (Å²) in [5, 5.41) is 14.6. The highest BCUT2D eigenvalue weighted by molar-refractivity contribution is 7.19. The second-order valence-corrected chi connectivity index (χ2v) is 4.85. The van der Waals surface area contributed by atoms with Crippen LogP contribution in [0, 0.1) is 6.92 Å². The standard InChI is InChI=1S/C11H15N3O2S/c1-6-8(11(15)16-3)10(12)17-9(6)7-4-5-14(2)13-7/h4-5,11,15H,12H2,1-3H3. The predicted molar refractivity (Wildman–Crippen MR) is 67.6 cm³/mol. The summed E-state index contributed by atoms with van der Waals surface area (Å²) in [6.07, 6.45) is 0.889. The van der Waals surface area contributed by atoms with Crippen molar-refractivity contribution in [2.45, 2.75) is 13.2 Å². The summed E-state index contributed by atoms with van der Waals surface area (Å²) in [6.45, 7) is 1.91. The highest BCUT2D eigenvalue weighted by Gasteiger charge is 2.21. The van der Waals surface area contributed by atoms with Crippen LogP contribution in [-0.2, 0) is 11.8 Å². The lowest BCUT2D eigenvalue weighted by Gasteiger charge is -2.09. The normalized spacial score (nSPS) is 12.9. The van der Waals surface area contributed by atoms with Gasteiger partial charge in [-0.2, -0.15) is 5.10 Å². The van der Waals surface area contributed by atoms with Crippen molar-refractivity contribution in [3.8, 4) is 10.6 Å². The molecule has 5 nitrogen and oxygen atoms in total. The molecule has 0 radical (unpaired) electrons. The molecule has 92 valence electrons. The van der Waals surface area contributed by atoms with Crippen molar-refractivity contribution in [2.24, 2.45) is 7.05 Å². The quantitative estimate of drug-likeness (QED) is 0.816. The molecular formula is C11H15N3O2S. The number of anilines is 1. The number of rotatable bonds is 3. The van der Waals surface area contributed by atoms with Crippen molar-refractivity contribution < 1.29 is 9.84 Å². The Labute approximate surface area is 103 Å². The van der Waals surface area contributed by atoms with Crippen LogP contribution in [0.5, 0.6) is 0 Å². The van der Waals surface area contributed by atoms with E-state index in [-0.39, 0.29) is 0 Å². The lowest BCUT2D eigenvalue weighted by Crippen LogP contribution is -2.02. The number of aliphatic hydroxyl groups is 1. The first-order valence-electron chi connectivity index (χ1n) is 5.14. The van der Waals surface area contributed by atoms with Gasteiger partial charge in [-0.25, -0.2) is 0 Å². The number of thiophene rings is 1. The maximum atomic E-state index is 9.74. The molecule has 1 unspecified atom stereocenters. The molecule has 0 spiro atoms. The van der Waals surface area contributed by atoms with E-state index in [2.05, 4.69) is 5.10 Å². The van der Waals surface area contributed by atoms with Gasteiger partial charge in [0.1, 0.15) is 5.69 Å².